The Bertz CT molecular complexity index is 971. The fraction of sp³-hybridized carbons (Fsp3) is 0.550. The zero-order valence-corrected chi connectivity index (χ0v) is 16.3. The predicted octanol–water partition coefficient (Wildman–Crippen LogP) is 1.14. The van der Waals surface area contributed by atoms with Crippen LogP contribution in [0.3, 0.4) is 0 Å². The van der Waals surface area contributed by atoms with E-state index in [1.165, 1.54) is 0 Å². The van der Waals surface area contributed by atoms with Crippen LogP contribution in [0.1, 0.15) is 37.2 Å². The number of rotatable bonds is 4. The van der Waals surface area contributed by atoms with E-state index in [0.29, 0.717) is 43.9 Å². The van der Waals surface area contributed by atoms with Crippen molar-refractivity contribution in [2.75, 3.05) is 26.2 Å². The number of carbonyl (C=O) groups excluding carboxylic acids is 2. The summed E-state index contributed by atoms with van der Waals surface area (Å²) in [6.07, 6.45) is 3.57. The molecule has 4 rings (SSSR count). The van der Waals surface area contributed by atoms with Crippen LogP contribution in [-0.2, 0) is 11.3 Å². The van der Waals surface area contributed by atoms with Gasteiger partial charge < -0.3 is 9.80 Å². The van der Waals surface area contributed by atoms with Gasteiger partial charge >= 0.3 is 0 Å². The van der Waals surface area contributed by atoms with Crippen molar-refractivity contribution in [3.05, 3.63) is 34.4 Å². The maximum Gasteiger partial charge on any atom is 0.283 e. The smallest absolute Gasteiger partial charge is 0.283 e. The van der Waals surface area contributed by atoms with E-state index in [-0.39, 0.29) is 29.3 Å². The summed E-state index contributed by atoms with van der Waals surface area (Å²) in [6, 6.07) is 3.51. The molecule has 2 fully saturated rings. The second-order valence-corrected chi connectivity index (χ2v) is 8.01. The van der Waals surface area contributed by atoms with Gasteiger partial charge in [-0.25, -0.2) is 9.97 Å². The lowest BCUT2D eigenvalue weighted by molar-refractivity contribution is -0.134. The van der Waals surface area contributed by atoms with E-state index in [0.717, 1.165) is 12.8 Å². The zero-order chi connectivity index (χ0) is 19.8. The number of hydrogen-bond acceptors (Lipinski definition) is 5. The van der Waals surface area contributed by atoms with E-state index in [1.807, 2.05) is 18.7 Å². The molecule has 1 saturated carbocycles. The van der Waals surface area contributed by atoms with Gasteiger partial charge in [0.1, 0.15) is 5.52 Å². The highest BCUT2D eigenvalue weighted by Gasteiger charge is 2.35. The zero-order valence-electron chi connectivity index (χ0n) is 16.3. The molecule has 1 aliphatic carbocycles. The molecule has 2 aliphatic rings. The highest BCUT2D eigenvalue weighted by atomic mass is 16.2. The quantitative estimate of drug-likeness (QED) is 0.790. The van der Waals surface area contributed by atoms with E-state index >= 15 is 0 Å². The second-order valence-electron chi connectivity index (χ2n) is 8.01. The van der Waals surface area contributed by atoms with Crippen LogP contribution in [0.5, 0.6) is 0 Å². The number of fused-ring (bicyclic) bond motifs is 1. The van der Waals surface area contributed by atoms with Gasteiger partial charge in [-0.3, -0.25) is 19.0 Å². The summed E-state index contributed by atoms with van der Waals surface area (Å²) in [5.74, 6) is 0.235. The molecule has 148 valence electrons. The van der Waals surface area contributed by atoms with Gasteiger partial charge in [-0.15, -0.1) is 0 Å². The van der Waals surface area contributed by atoms with Crippen molar-refractivity contribution < 1.29 is 9.59 Å². The lowest BCUT2D eigenvalue weighted by Gasteiger charge is -2.34. The Morgan fingerprint density at radius 2 is 1.82 bits per heavy atom. The molecule has 0 spiro atoms. The summed E-state index contributed by atoms with van der Waals surface area (Å²) in [7, 11) is 0. The van der Waals surface area contributed by atoms with Crippen LogP contribution >= 0.6 is 0 Å². The highest BCUT2D eigenvalue weighted by Crippen LogP contribution is 2.31. The van der Waals surface area contributed by atoms with Crippen LogP contribution in [0.2, 0.25) is 0 Å². The molecule has 0 aromatic carbocycles. The summed E-state index contributed by atoms with van der Waals surface area (Å²) >= 11 is 0. The monoisotopic (exact) mass is 383 g/mol. The molecule has 0 atom stereocenters. The largest absolute Gasteiger partial charge is 0.339 e. The van der Waals surface area contributed by atoms with E-state index < -0.39 is 5.56 Å². The minimum atomic E-state index is -0.401. The number of carbonyl (C=O) groups is 2. The Hall–Kier alpha value is -2.77. The third-order valence-corrected chi connectivity index (χ3v) is 5.26. The van der Waals surface area contributed by atoms with Crippen LogP contribution in [0.4, 0.5) is 0 Å². The standard InChI is InChI=1S/C20H25N5O3/c1-13(2)12-25-17-15(4-3-7-21-17)22-16(20(25)28)19(27)24-10-8-23(9-11-24)18(26)14-5-6-14/h3-4,7,13-14H,5-6,8-12H2,1-2H3. The number of aromatic nitrogens is 3. The van der Waals surface area contributed by atoms with E-state index in [2.05, 4.69) is 9.97 Å². The molecule has 1 aliphatic heterocycles. The van der Waals surface area contributed by atoms with Crippen molar-refractivity contribution in [3.63, 3.8) is 0 Å². The molecule has 2 aromatic rings. The molecule has 0 bridgehead atoms. The van der Waals surface area contributed by atoms with Crippen LogP contribution in [0.25, 0.3) is 11.2 Å². The number of pyridine rings is 1. The van der Waals surface area contributed by atoms with E-state index in [4.69, 9.17) is 0 Å². The number of piperazine rings is 1. The van der Waals surface area contributed by atoms with Gasteiger partial charge in [0, 0.05) is 44.8 Å². The van der Waals surface area contributed by atoms with Gasteiger partial charge in [0.15, 0.2) is 11.3 Å². The summed E-state index contributed by atoms with van der Waals surface area (Å²) in [4.78, 5) is 50.4. The maximum atomic E-state index is 13.1. The van der Waals surface area contributed by atoms with Crippen molar-refractivity contribution in [2.45, 2.75) is 33.2 Å². The lowest BCUT2D eigenvalue weighted by Crippen LogP contribution is -2.52. The van der Waals surface area contributed by atoms with Crippen molar-refractivity contribution in [1.82, 2.24) is 24.3 Å². The van der Waals surface area contributed by atoms with E-state index in [1.54, 1.807) is 27.8 Å². The molecular weight excluding hydrogens is 358 g/mol. The first-order valence-corrected chi connectivity index (χ1v) is 9.89. The third-order valence-electron chi connectivity index (χ3n) is 5.26. The van der Waals surface area contributed by atoms with Gasteiger partial charge in [0.25, 0.3) is 11.5 Å². The molecule has 1 saturated heterocycles. The normalized spacial score (nSPS) is 17.4. The van der Waals surface area contributed by atoms with E-state index in [9.17, 15) is 14.4 Å². The molecule has 28 heavy (non-hydrogen) atoms. The Morgan fingerprint density at radius 3 is 2.46 bits per heavy atom. The first kappa shape index (κ1) is 18.6. The number of nitrogens with zero attached hydrogens (tertiary/aromatic N) is 5. The fourth-order valence-corrected chi connectivity index (χ4v) is 3.62. The van der Waals surface area contributed by atoms with Crippen LogP contribution in [0.15, 0.2) is 23.1 Å². The maximum absolute atomic E-state index is 13.1. The molecule has 3 heterocycles. The summed E-state index contributed by atoms with van der Waals surface area (Å²) in [5.41, 5.74) is 0.566. The number of amides is 2. The predicted molar refractivity (Wildman–Crippen MR) is 104 cm³/mol. The molecule has 8 heteroatoms. The minimum Gasteiger partial charge on any atom is -0.339 e. The van der Waals surface area contributed by atoms with Gasteiger partial charge in [-0.1, -0.05) is 13.8 Å². The van der Waals surface area contributed by atoms with Gasteiger partial charge in [-0.2, -0.15) is 0 Å². The Kier molecular flexibility index (Phi) is 4.87. The molecule has 8 nitrogen and oxygen atoms in total. The average Bonchev–Trinajstić information content (AvgIpc) is 3.54. The second kappa shape index (κ2) is 7.33. The molecule has 2 aromatic heterocycles. The Labute approximate surface area is 163 Å². The van der Waals surface area contributed by atoms with Gasteiger partial charge in [-0.05, 0) is 30.9 Å². The Morgan fingerprint density at radius 1 is 1.14 bits per heavy atom. The molecule has 0 radical (unpaired) electrons. The van der Waals surface area contributed by atoms with Crippen molar-refractivity contribution >= 4 is 23.0 Å². The fourth-order valence-electron chi connectivity index (χ4n) is 3.62. The van der Waals surface area contributed by atoms with Gasteiger partial charge in [0.2, 0.25) is 5.91 Å². The molecule has 0 N–H and O–H groups in total. The summed E-state index contributed by atoms with van der Waals surface area (Å²) < 4.78 is 1.55. The van der Waals surface area contributed by atoms with Crippen LogP contribution in [0, 0.1) is 11.8 Å². The number of hydrogen-bond donors (Lipinski definition) is 0. The topological polar surface area (TPSA) is 88.4 Å². The van der Waals surface area contributed by atoms with Crippen molar-refractivity contribution in [1.29, 1.82) is 0 Å². The average molecular weight is 383 g/mol. The first-order valence-electron chi connectivity index (χ1n) is 9.89. The van der Waals surface area contributed by atoms with Crippen molar-refractivity contribution in [3.8, 4) is 0 Å². The third kappa shape index (κ3) is 3.50. The van der Waals surface area contributed by atoms with Gasteiger partial charge in [0.05, 0.1) is 0 Å². The molecule has 0 unspecified atom stereocenters. The minimum absolute atomic E-state index is 0.0666. The SMILES string of the molecule is CC(C)Cn1c(=O)c(C(=O)N2CCN(C(=O)C3CC3)CC2)nc2cccnc21. The van der Waals surface area contributed by atoms with Crippen LogP contribution in [-0.4, -0.2) is 62.3 Å². The van der Waals surface area contributed by atoms with Crippen molar-refractivity contribution in [2.24, 2.45) is 11.8 Å². The first-order chi connectivity index (χ1) is 13.5. The molecule has 2 amide bonds. The summed E-state index contributed by atoms with van der Waals surface area (Å²) in [5, 5.41) is 0. The lowest BCUT2D eigenvalue weighted by atomic mass is 10.2. The summed E-state index contributed by atoms with van der Waals surface area (Å²) in [6.45, 7) is 6.37. The highest BCUT2D eigenvalue weighted by molar-refractivity contribution is 5.93. The molecular formula is C20H25N5O3. The van der Waals surface area contributed by atoms with Crippen LogP contribution < -0.4 is 5.56 Å². The Balaban J connectivity index is 1.60.